The van der Waals surface area contributed by atoms with Crippen LogP contribution in [0.3, 0.4) is 0 Å². The van der Waals surface area contributed by atoms with E-state index in [4.69, 9.17) is 4.74 Å². The van der Waals surface area contributed by atoms with Crippen molar-refractivity contribution < 1.29 is 9.13 Å². The lowest BCUT2D eigenvalue weighted by atomic mass is 10.0. The van der Waals surface area contributed by atoms with Gasteiger partial charge >= 0.3 is 0 Å². The molecule has 2 atom stereocenters. The maximum absolute atomic E-state index is 13.1. The average molecular weight is 251 g/mol. The molecule has 1 aromatic rings. The normalized spacial score (nSPS) is 19.7. The van der Waals surface area contributed by atoms with Crippen molar-refractivity contribution in [2.75, 3.05) is 6.54 Å². The summed E-state index contributed by atoms with van der Waals surface area (Å²) in [5.41, 5.74) is 0.986. The van der Waals surface area contributed by atoms with Gasteiger partial charge in [0.05, 0.1) is 0 Å². The number of hydrogen-bond acceptors (Lipinski definition) is 2. The van der Waals surface area contributed by atoms with Crippen LogP contribution in [0.25, 0.3) is 0 Å². The minimum atomic E-state index is -0.181. The van der Waals surface area contributed by atoms with Crippen LogP contribution < -0.4 is 10.1 Å². The minimum Gasteiger partial charge on any atom is -0.488 e. The molecule has 2 rings (SSSR count). The summed E-state index contributed by atoms with van der Waals surface area (Å²) < 4.78 is 18.9. The van der Waals surface area contributed by atoms with Crippen LogP contribution in [0.5, 0.6) is 5.75 Å². The highest BCUT2D eigenvalue weighted by atomic mass is 19.1. The predicted octanol–water partition coefficient (Wildman–Crippen LogP) is 3.15. The number of nitrogens with one attached hydrogen (secondary N) is 1. The fourth-order valence-electron chi connectivity index (χ4n) is 2.54. The first-order valence-electron chi connectivity index (χ1n) is 6.78. The van der Waals surface area contributed by atoms with Gasteiger partial charge in [0.2, 0.25) is 0 Å². The molecule has 0 aliphatic carbocycles. The Labute approximate surface area is 109 Å². The van der Waals surface area contributed by atoms with Crippen molar-refractivity contribution in [2.24, 2.45) is 5.92 Å². The molecule has 3 heteroatoms. The van der Waals surface area contributed by atoms with Crippen molar-refractivity contribution in [3.63, 3.8) is 0 Å². The van der Waals surface area contributed by atoms with E-state index in [-0.39, 0.29) is 11.9 Å². The highest BCUT2D eigenvalue weighted by Gasteiger charge is 2.24. The van der Waals surface area contributed by atoms with Crippen LogP contribution in [0.15, 0.2) is 18.2 Å². The van der Waals surface area contributed by atoms with Gasteiger partial charge in [-0.1, -0.05) is 20.8 Å². The molecule has 0 fully saturated rings. The zero-order valence-corrected chi connectivity index (χ0v) is 11.4. The van der Waals surface area contributed by atoms with Crippen molar-refractivity contribution in [2.45, 2.75) is 45.8 Å². The maximum Gasteiger partial charge on any atom is 0.123 e. The second-order valence-corrected chi connectivity index (χ2v) is 5.36. The van der Waals surface area contributed by atoms with Crippen molar-refractivity contribution in [3.05, 3.63) is 29.6 Å². The Bertz CT molecular complexity index is 405. The zero-order valence-electron chi connectivity index (χ0n) is 11.4. The first kappa shape index (κ1) is 13.3. The molecule has 0 spiro atoms. The SMILES string of the molecule is CCC(NCC1Cc2cc(F)ccc2O1)C(C)C. The van der Waals surface area contributed by atoms with Crippen LogP contribution in [-0.4, -0.2) is 18.7 Å². The monoisotopic (exact) mass is 251 g/mol. The van der Waals surface area contributed by atoms with Crippen LogP contribution in [-0.2, 0) is 6.42 Å². The minimum absolute atomic E-state index is 0.134. The third-order valence-corrected chi connectivity index (χ3v) is 3.62. The van der Waals surface area contributed by atoms with Crippen LogP contribution >= 0.6 is 0 Å². The van der Waals surface area contributed by atoms with Gasteiger partial charge in [0.25, 0.3) is 0 Å². The number of ether oxygens (including phenoxy) is 1. The smallest absolute Gasteiger partial charge is 0.123 e. The van der Waals surface area contributed by atoms with E-state index in [1.165, 1.54) is 6.07 Å². The molecular weight excluding hydrogens is 229 g/mol. The molecule has 1 aliphatic heterocycles. The van der Waals surface area contributed by atoms with Crippen molar-refractivity contribution in [1.82, 2.24) is 5.32 Å². The highest BCUT2D eigenvalue weighted by molar-refractivity contribution is 5.37. The molecular formula is C15H22FNO. The van der Waals surface area contributed by atoms with Crippen LogP contribution in [0, 0.1) is 11.7 Å². The molecule has 0 bridgehead atoms. The third-order valence-electron chi connectivity index (χ3n) is 3.62. The fourth-order valence-corrected chi connectivity index (χ4v) is 2.54. The molecule has 100 valence electrons. The highest BCUT2D eigenvalue weighted by Crippen LogP contribution is 2.29. The van der Waals surface area contributed by atoms with Crippen molar-refractivity contribution in [3.8, 4) is 5.75 Å². The summed E-state index contributed by atoms with van der Waals surface area (Å²) in [5, 5.41) is 3.54. The molecule has 1 heterocycles. The molecule has 2 unspecified atom stereocenters. The lowest BCUT2D eigenvalue weighted by Crippen LogP contribution is -2.39. The molecule has 0 saturated heterocycles. The lowest BCUT2D eigenvalue weighted by Gasteiger charge is -2.22. The van der Waals surface area contributed by atoms with Crippen molar-refractivity contribution >= 4 is 0 Å². The third kappa shape index (κ3) is 3.02. The van der Waals surface area contributed by atoms with Gasteiger partial charge in [0.1, 0.15) is 17.7 Å². The van der Waals surface area contributed by atoms with Gasteiger partial charge in [-0.3, -0.25) is 0 Å². The van der Waals surface area contributed by atoms with Crippen LogP contribution in [0.1, 0.15) is 32.8 Å². The largest absolute Gasteiger partial charge is 0.488 e. The summed E-state index contributed by atoms with van der Waals surface area (Å²) in [6.07, 6.45) is 2.05. The molecule has 0 amide bonds. The second kappa shape index (κ2) is 5.70. The van der Waals surface area contributed by atoms with Gasteiger partial charge < -0.3 is 10.1 Å². The number of rotatable bonds is 5. The van der Waals surface area contributed by atoms with E-state index in [1.807, 2.05) is 0 Å². The first-order valence-corrected chi connectivity index (χ1v) is 6.78. The Hall–Kier alpha value is -1.09. The van der Waals surface area contributed by atoms with E-state index in [2.05, 4.69) is 26.1 Å². The molecule has 1 N–H and O–H groups in total. The molecule has 2 nitrogen and oxygen atoms in total. The van der Waals surface area contributed by atoms with Gasteiger partial charge in [0.15, 0.2) is 0 Å². The summed E-state index contributed by atoms with van der Waals surface area (Å²) in [6, 6.07) is 5.28. The van der Waals surface area contributed by atoms with Crippen LogP contribution in [0.4, 0.5) is 4.39 Å². The quantitative estimate of drug-likeness (QED) is 0.868. The van der Waals surface area contributed by atoms with Gasteiger partial charge in [-0.2, -0.15) is 0 Å². The molecule has 0 aromatic heterocycles. The van der Waals surface area contributed by atoms with E-state index in [0.29, 0.717) is 12.0 Å². The number of halogens is 1. The Morgan fingerprint density at radius 2 is 2.22 bits per heavy atom. The van der Waals surface area contributed by atoms with E-state index in [1.54, 1.807) is 12.1 Å². The Morgan fingerprint density at radius 1 is 1.44 bits per heavy atom. The topological polar surface area (TPSA) is 21.3 Å². The number of hydrogen-bond donors (Lipinski definition) is 1. The fraction of sp³-hybridized carbons (Fsp3) is 0.600. The molecule has 1 aromatic carbocycles. The summed E-state index contributed by atoms with van der Waals surface area (Å²) in [7, 11) is 0. The summed E-state index contributed by atoms with van der Waals surface area (Å²) >= 11 is 0. The molecule has 1 aliphatic rings. The standard InChI is InChI=1S/C15H22FNO/c1-4-14(10(2)3)17-9-13-8-11-7-12(16)5-6-15(11)18-13/h5-7,10,13-14,17H,4,8-9H2,1-3H3. The van der Waals surface area contributed by atoms with Crippen LogP contribution in [0.2, 0.25) is 0 Å². The average Bonchev–Trinajstić information content (AvgIpc) is 2.71. The van der Waals surface area contributed by atoms with E-state index < -0.39 is 0 Å². The lowest BCUT2D eigenvalue weighted by molar-refractivity contribution is 0.213. The summed E-state index contributed by atoms with van der Waals surface area (Å²) in [5.74, 6) is 1.27. The number of benzene rings is 1. The molecule has 0 radical (unpaired) electrons. The van der Waals surface area contributed by atoms with Gasteiger partial charge in [-0.15, -0.1) is 0 Å². The van der Waals surface area contributed by atoms with Gasteiger partial charge in [-0.05, 0) is 30.5 Å². The predicted molar refractivity (Wildman–Crippen MR) is 71.4 cm³/mol. The van der Waals surface area contributed by atoms with E-state index >= 15 is 0 Å². The molecule has 18 heavy (non-hydrogen) atoms. The Kier molecular flexibility index (Phi) is 4.23. The van der Waals surface area contributed by atoms with Gasteiger partial charge in [0, 0.05) is 24.6 Å². The zero-order chi connectivity index (χ0) is 13.1. The Balaban J connectivity index is 1.88. The summed E-state index contributed by atoms with van der Waals surface area (Å²) in [4.78, 5) is 0. The molecule has 0 saturated carbocycles. The van der Waals surface area contributed by atoms with Crippen molar-refractivity contribution in [1.29, 1.82) is 0 Å². The summed E-state index contributed by atoms with van der Waals surface area (Å²) in [6.45, 7) is 7.46. The Morgan fingerprint density at radius 3 is 2.89 bits per heavy atom. The van der Waals surface area contributed by atoms with E-state index in [9.17, 15) is 4.39 Å². The maximum atomic E-state index is 13.1. The second-order valence-electron chi connectivity index (χ2n) is 5.36. The number of fused-ring (bicyclic) bond motifs is 1. The first-order chi connectivity index (χ1) is 8.60. The van der Waals surface area contributed by atoms with E-state index in [0.717, 1.165) is 30.7 Å². The van der Waals surface area contributed by atoms with Gasteiger partial charge in [-0.25, -0.2) is 4.39 Å².